The van der Waals surface area contributed by atoms with E-state index in [4.69, 9.17) is 0 Å². The van der Waals surface area contributed by atoms with Crippen molar-refractivity contribution in [3.63, 3.8) is 0 Å². The van der Waals surface area contributed by atoms with Crippen molar-refractivity contribution in [3.05, 3.63) is 59.9 Å². The van der Waals surface area contributed by atoms with Gasteiger partial charge in [0, 0.05) is 14.9 Å². The largest absolute Gasteiger partial charge is 0.207 e. The van der Waals surface area contributed by atoms with Gasteiger partial charge in [-0.25, -0.2) is 4.39 Å². The minimum absolute atomic E-state index is 0.171. The molecule has 0 aliphatic heterocycles. The number of thioether (sulfide) groups is 2. The molecule has 0 amide bonds. The van der Waals surface area contributed by atoms with E-state index in [-0.39, 0.29) is 5.82 Å². The summed E-state index contributed by atoms with van der Waals surface area (Å²) < 4.78 is 13.0. The van der Waals surface area contributed by atoms with E-state index in [1.54, 1.807) is 35.7 Å². The summed E-state index contributed by atoms with van der Waals surface area (Å²) in [5.41, 5.74) is 1.27. The van der Waals surface area contributed by atoms with Crippen molar-refractivity contribution >= 4 is 23.5 Å². The summed E-state index contributed by atoms with van der Waals surface area (Å²) in [7, 11) is 0. The Morgan fingerprint density at radius 2 is 1.59 bits per heavy atom. The Hall–Kier alpha value is -0.930. The van der Waals surface area contributed by atoms with Crippen LogP contribution in [0, 0.1) is 12.7 Å². The number of aryl methyl sites for hydroxylation is 1. The van der Waals surface area contributed by atoms with E-state index in [1.165, 1.54) is 16.5 Å². The van der Waals surface area contributed by atoms with Crippen LogP contribution in [0.4, 0.5) is 4.39 Å². The number of hydrogen-bond acceptors (Lipinski definition) is 2. The monoisotopic (exact) mass is 264 g/mol. The molecule has 0 aliphatic rings. The maximum absolute atomic E-state index is 13.0. The molecule has 0 fully saturated rings. The Labute approximate surface area is 110 Å². The highest BCUT2D eigenvalue weighted by Gasteiger charge is 1.98. The standard InChI is InChI=1S/C14H13FS2/c1-11-4-2-6-13(8-11)16-10-17-14-7-3-5-12(15)9-14/h2-9H,10H2,1H3. The van der Waals surface area contributed by atoms with Crippen molar-refractivity contribution in [2.45, 2.75) is 16.7 Å². The fourth-order valence-electron chi connectivity index (χ4n) is 1.43. The zero-order valence-corrected chi connectivity index (χ0v) is 11.2. The number of halogens is 1. The Morgan fingerprint density at radius 1 is 0.941 bits per heavy atom. The highest BCUT2D eigenvalue weighted by atomic mass is 32.2. The summed E-state index contributed by atoms with van der Waals surface area (Å²) in [5.74, 6) is -0.171. The lowest BCUT2D eigenvalue weighted by Gasteiger charge is -2.03. The van der Waals surface area contributed by atoms with Crippen molar-refractivity contribution in [2.75, 3.05) is 5.08 Å². The minimum Gasteiger partial charge on any atom is -0.207 e. The molecule has 0 atom stereocenters. The molecule has 3 heteroatoms. The third-order valence-corrected chi connectivity index (χ3v) is 4.35. The molecule has 0 aromatic heterocycles. The van der Waals surface area contributed by atoms with E-state index in [0.29, 0.717) is 0 Å². The smallest absolute Gasteiger partial charge is 0.124 e. The summed E-state index contributed by atoms with van der Waals surface area (Å²) in [5, 5.41) is 0.896. The van der Waals surface area contributed by atoms with Crippen LogP contribution in [0.1, 0.15) is 5.56 Å². The number of benzene rings is 2. The highest BCUT2D eigenvalue weighted by molar-refractivity contribution is 8.16. The quantitative estimate of drug-likeness (QED) is 0.564. The van der Waals surface area contributed by atoms with Crippen LogP contribution in [-0.2, 0) is 0 Å². The lowest BCUT2D eigenvalue weighted by molar-refractivity contribution is 0.624. The van der Waals surface area contributed by atoms with Crippen LogP contribution >= 0.6 is 23.5 Å². The predicted molar refractivity (Wildman–Crippen MR) is 74.2 cm³/mol. The van der Waals surface area contributed by atoms with E-state index in [1.807, 2.05) is 6.07 Å². The van der Waals surface area contributed by atoms with Crippen LogP contribution in [0.15, 0.2) is 58.3 Å². The highest BCUT2D eigenvalue weighted by Crippen LogP contribution is 2.28. The molecule has 0 saturated heterocycles. The van der Waals surface area contributed by atoms with Gasteiger partial charge in [-0.2, -0.15) is 0 Å². The van der Waals surface area contributed by atoms with Gasteiger partial charge in [-0.3, -0.25) is 0 Å². The molecule has 0 saturated carbocycles. The van der Waals surface area contributed by atoms with Crippen LogP contribution < -0.4 is 0 Å². The fraction of sp³-hybridized carbons (Fsp3) is 0.143. The zero-order valence-electron chi connectivity index (χ0n) is 9.52. The number of rotatable bonds is 4. The first-order valence-electron chi connectivity index (χ1n) is 5.32. The molecule has 0 bridgehead atoms. The van der Waals surface area contributed by atoms with E-state index in [2.05, 4.69) is 31.2 Å². The Bertz CT molecular complexity index is 452. The Morgan fingerprint density at radius 3 is 2.24 bits per heavy atom. The van der Waals surface area contributed by atoms with Gasteiger partial charge in [0.25, 0.3) is 0 Å². The van der Waals surface area contributed by atoms with Crippen LogP contribution in [0.5, 0.6) is 0 Å². The Kier molecular flexibility index (Phi) is 4.51. The average Bonchev–Trinajstić information content (AvgIpc) is 2.29. The molecular weight excluding hydrogens is 251 g/mol. The Balaban J connectivity index is 1.87. The third-order valence-electron chi connectivity index (χ3n) is 2.24. The van der Waals surface area contributed by atoms with Crippen molar-refractivity contribution in [3.8, 4) is 0 Å². The van der Waals surface area contributed by atoms with E-state index in [9.17, 15) is 4.39 Å². The maximum atomic E-state index is 13.0. The lowest BCUT2D eigenvalue weighted by atomic mass is 10.2. The van der Waals surface area contributed by atoms with Crippen LogP contribution in [0.25, 0.3) is 0 Å². The van der Waals surface area contributed by atoms with Crippen LogP contribution in [-0.4, -0.2) is 5.08 Å². The van der Waals surface area contributed by atoms with Gasteiger partial charge < -0.3 is 0 Å². The van der Waals surface area contributed by atoms with Gasteiger partial charge in [0.1, 0.15) is 5.82 Å². The summed E-state index contributed by atoms with van der Waals surface area (Å²) in [6.07, 6.45) is 0. The molecule has 17 heavy (non-hydrogen) atoms. The molecule has 0 unspecified atom stereocenters. The predicted octanol–water partition coefficient (Wildman–Crippen LogP) is 4.98. The van der Waals surface area contributed by atoms with Gasteiger partial charge in [-0.15, -0.1) is 23.5 Å². The maximum Gasteiger partial charge on any atom is 0.124 e. The molecule has 0 nitrogen and oxygen atoms in total. The first-order chi connectivity index (χ1) is 8.24. The van der Waals surface area contributed by atoms with Crippen molar-refractivity contribution in [1.29, 1.82) is 0 Å². The second kappa shape index (κ2) is 6.12. The fourth-order valence-corrected chi connectivity index (χ4v) is 3.57. The second-order valence-electron chi connectivity index (χ2n) is 3.68. The first kappa shape index (κ1) is 12.5. The molecule has 0 N–H and O–H groups in total. The van der Waals surface area contributed by atoms with Crippen molar-refractivity contribution in [2.24, 2.45) is 0 Å². The van der Waals surface area contributed by atoms with E-state index < -0.39 is 0 Å². The average molecular weight is 264 g/mol. The van der Waals surface area contributed by atoms with Crippen LogP contribution in [0.3, 0.4) is 0 Å². The topological polar surface area (TPSA) is 0 Å². The van der Waals surface area contributed by atoms with Crippen LogP contribution in [0.2, 0.25) is 0 Å². The van der Waals surface area contributed by atoms with Gasteiger partial charge >= 0.3 is 0 Å². The molecule has 0 spiro atoms. The molecule has 0 radical (unpaired) electrons. The van der Waals surface area contributed by atoms with E-state index in [0.717, 1.165) is 9.98 Å². The summed E-state index contributed by atoms with van der Waals surface area (Å²) >= 11 is 3.43. The van der Waals surface area contributed by atoms with E-state index >= 15 is 0 Å². The van der Waals surface area contributed by atoms with Gasteiger partial charge in [0.2, 0.25) is 0 Å². The molecule has 88 valence electrons. The summed E-state index contributed by atoms with van der Waals surface area (Å²) in [6, 6.07) is 15.1. The molecule has 0 heterocycles. The molecule has 2 aromatic carbocycles. The van der Waals surface area contributed by atoms with Gasteiger partial charge in [-0.1, -0.05) is 23.8 Å². The number of hydrogen-bond donors (Lipinski definition) is 0. The first-order valence-corrected chi connectivity index (χ1v) is 7.29. The SMILES string of the molecule is Cc1cccc(SCSc2cccc(F)c2)c1. The third kappa shape index (κ3) is 4.10. The summed E-state index contributed by atoms with van der Waals surface area (Å²) in [4.78, 5) is 2.24. The lowest BCUT2D eigenvalue weighted by Crippen LogP contribution is -1.78. The zero-order chi connectivity index (χ0) is 12.1. The normalized spacial score (nSPS) is 10.5. The van der Waals surface area contributed by atoms with Gasteiger partial charge in [0.15, 0.2) is 0 Å². The van der Waals surface area contributed by atoms with Gasteiger partial charge in [-0.05, 0) is 37.3 Å². The minimum atomic E-state index is -0.171. The van der Waals surface area contributed by atoms with Crippen molar-refractivity contribution in [1.82, 2.24) is 0 Å². The molecule has 2 aromatic rings. The van der Waals surface area contributed by atoms with Crippen molar-refractivity contribution < 1.29 is 4.39 Å². The second-order valence-corrected chi connectivity index (χ2v) is 6.14. The van der Waals surface area contributed by atoms with Gasteiger partial charge in [0.05, 0.1) is 0 Å². The molecule has 2 rings (SSSR count). The molecular formula is C14H13FS2. The summed E-state index contributed by atoms with van der Waals surface area (Å²) in [6.45, 7) is 2.09. The molecule has 0 aliphatic carbocycles.